The average Bonchev–Trinajstić information content (AvgIpc) is 2.74. The van der Waals surface area contributed by atoms with E-state index in [2.05, 4.69) is 19.6 Å². The third-order valence-corrected chi connectivity index (χ3v) is 5.58. The van der Waals surface area contributed by atoms with Crippen LogP contribution in [0.5, 0.6) is 11.5 Å². The van der Waals surface area contributed by atoms with E-state index >= 15 is 0 Å². The highest BCUT2D eigenvalue weighted by molar-refractivity contribution is 5.36. The van der Waals surface area contributed by atoms with E-state index in [4.69, 9.17) is 14.2 Å². The highest BCUT2D eigenvalue weighted by Crippen LogP contribution is 2.36. The molecule has 5 heteroatoms. The van der Waals surface area contributed by atoms with Crippen molar-refractivity contribution in [3.05, 3.63) is 59.7 Å². The Hall–Kier alpha value is -2.14. The lowest BCUT2D eigenvalue weighted by Crippen LogP contribution is -2.28. The van der Waals surface area contributed by atoms with Gasteiger partial charge in [0.05, 0.1) is 19.3 Å². The molecule has 2 aliphatic rings. The summed E-state index contributed by atoms with van der Waals surface area (Å²) in [5.74, 6) is -1.37. The summed E-state index contributed by atoms with van der Waals surface area (Å²) in [6, 6.07) is 2.84. The fourth-order valence-electron chi connectivity index (χ4n) is 3.94. The summed E-state index contributed by atoms with van der Waals surface area (Å²) in [6.45, 7) is 9.21. The molecule has 1 fully saturated rings. The topological polar surface area (TPSA) is 27.7 Å². The van der Waals surface area contributed by atoms with Gasteiger partial charge in [0.15, 0.2) is 11.5 Å². The molecule has 1 aliphatic heterocycles. The van der Waals surface area contributed by atoms with Crippen LogP contribution >= 0.6 is 0 Å². The Labute approximate surface area is 172 Å². The molecule has 1 saturated heterocycles. The number of hydrogen-bond donors (Lipinski definition) is 0. The molecule has 3 atom stereocenters. The van der Waals surface area contributed by atoms with Crippen molar-refractivity contribution >= 4 is 0 Å². The number of benzene rings is 1. The van der Waals surface area contributed by atoms with Crippen LogP contribution in [0.1, 0.15) is 39.5 Å². The Morgan fingerprint density at radius 2 is 1.86 bits per heavy atom. The van der Waals surface area contributed by atoms with Crippen molar-refractivity contribution in [1.82, 2.24) is 0 Å². The third-order valence-electron chi connectivity index (χ3n) is 5.58. The Morgan fingerprint density at radius 3 is 2.45 bits per heavy atom. The number of allylic oxidation sites excluding steroid dienone is 2. The molecule has 158 valence electrons. The first-order valence-electron chi connectivity index (χ1n) is 10.4. The molecule has 3 rings (SSSR count). The lowest BCUT2D eigenvalue weighted by Gasteiger charge is -2.33. The highest BCUT2D eigenvalue weighted by atomic mass is 19.2. The van der Waals surface area contributed by atoms with Gasteiger partial charge in [0.25, 0.3) is 0 Å². The number of rotatable bonds is 8. The van der Waals surface area contributed by atoms with E-state index in [1.165, 1.54) is 17.7 Å². The molecule has 3 unspecified atom stereocenters. The largest absolute Gasteiger partial charge is 0.490 e. The number of halogens is 2. The Bertz CT molecular complexity index is 777. The summed E-state index contributed by atoms with van der Waals surface area (Å²) >= 11 is 0. The van der Waals surface area contributed by atoms with Crippen molar-refractivity contribution in [2.45, 2.75) is 45.6 Å². The van der Waals surface area contributed by atoms with Gasteiger partial charge in [-0.2, -0.15) is 8.78 Å². The molecule has 3 nitrogen and oxygen atoms in total. The van der Waals surface area contributed by atoms with E-state index in [9.17, 15) is 8.78 Å². The molecule has 0 aromatic heterocycles. The van der Waals surface area contributed by atoms with Crippen molar-refractivity contribution in [2.24, 2.45) is 11.8 Å². The summed E-state index contributed by atoms with van der Waals surface area (Å²) in [7, 11) is 0. The second-order valence-corrected chi connectivity index (χ2v) is 7.81. The van der Waals surface area contributed by atoms with Gasteiger partial charge in [-0.25, -0.2) is 0 Å². The van der Waals surface area contributed by atoms with Crippen LogP contribution in [0, 0.1) is 23.5 Å². The Balaban J connectivity index is 1.60. The minimum atomic E-state index is -1.00. The summed E-state index contributed by atoms with van der Waals surface area (Å²) in [6.07, 6.45) is 9.89. The molecule has 0 amide bonds. The molecular formula is C24H30F2O3. The lowest BCUT2D eigenvalue weighted by molar-refractivity contribution is 0.0191. The van der Waals surface area contributed by atoms with Gasteiger partial charge in [-0.3, -0.25) is 0 Å². The van der Waals surface area contributed by atoms with Crippen molar-refractivity contribution in [1.29, 1.82) is 0 Å². The van der Waals surface area contributed by atoms with E-state index in [1.54, 1.807) is 0 Å². The van der Waals surface area contributed by atoms with Gasteiger partial charge in [0.2, 0.25) is 11.6 Å². The van der Waals surface area contributed by atoms with Crippen LogP contribution in [-0.2, 0) is 4.74 Å². The van der Waals surface area contributed by atoms with Crippen LogP contribution in [0.2, 0.25) is 0 Å². The molecule has 0 bridgehead atoms. The minimum absolute atomic E-state index is 0.0804. The fourth-order valence-corrected chi connectivity index (χ4v) is 3.94. The van der Waals surface area contributed by atoms with Crippen LogP contribution in [0.3, 0.4) is 0 Å². The predicted molar refractivity (Wildman–Crippen MR) is 110 cm³/mol. The van der Waals surface area contributed by atoms with Gasteiger partial charge in [-0.05, 0) is 49.3 Å². The normalized spacial score (nSPS) is 24.5. The fraction of sp³-hybridized carbons (Fsp3) is 0.500. The maximum atomic E-state index is 14.3. The zero-order valence-corrected chi connectivity index (χ0v) is 17.3. The number of hydrogen-bond acceptors (Lipinski definition) is 3. The smallest absolute Gasteiger partial charge is 0.204 e. The molecule has 0 N–H and O–H groups in total. The van der Waals surface area contributed by atoms with E-state index in [1.807, 2.05) is 19.1 Å². The standard InChI is InChI=1S/C24H30F2O3/c1-4-12-27-21-10-11-22(24(26)23(21)25)29-14-17-6-9-20(16(3)13-17)18-7-8-19(5-2)28-15-18/h5-6,9-11,16,18-19H,2,4,7-8,12-15H2,1,3H3. The van der Waals surface area contributed by atoms with Crippen LogP contribution in [-0.4, -0.2) is 25.9 Å². The first-order chi connectivity index (χ1) is 14.0. The first kappa shape index (κ1) is 21.6. The highest BCUT2D eigenvalue weighted by Gasteiger charge is 2.27. The summed E-state index contributed by atoms with van der Waals surface area (Å²) < 4.78 is 45.0. The van der Waals surface area contributed by atoms with Crippen molar-refractivity contribution in [3.8, 4) is 11.5 Å². The molecular weight excluding hydrogens is 374 g/mol. The van der Waals surface area contributed by atoms with Gasteiger partial charge in [-0.15, -0.1) is 6.58 Å². The quantitative estimate of drug-likeness (QED) is 0.497. The molecule has 0 saturated carbocycles. The predicted octanol–water partition coefficient (Wildman–Crippen LogP) is 6.01. The van der Waals surface area contributed by atoms with Gasteiger partial charge < -0.3 is 14.2 Å². The zero-order valence-electron chi connectivity index (χ0n) is 17.3. The first-order valence-corrected chi connectivity index (χ1v) is 10.4. The second-order valence-electron chi connectivity index (χ2n) is 7.81. The molecule has 1 aliphatic carbocycles. The number of ether oxygens (including phenoxy) is 3. The van der Waals surface area contributed by atoms with Gasteiger partial charge in [0, 0.05) is 5.92 Å². The molecule has 1 aromatic carbocycles. The van der Waals surface area contributed by atoms with Gasteiger partial charge in [-0.1, -0.05) is 37.6 Å². The van der Waals surface area contributed by atoms with E-state index in [0.717, 1.165) is 37.9 Å². The van der Waals surface area contributed by atoms with Gasteiger partial charge >= 0.3 is 0 Å². The molecule has 0 radical (unpaired) electrons. The summed E-state index contributed by atoms with van der Waals surface area (Å²) in [5.41, 5.74) is 2.46. The summed E-state index contributed by atoms with van der Waals surface area (Å²) in [4.78, 5) is 0. The van der Waals surface area contributed by atoms with Crippen molar-refractivity contribution < 1.29 is 23.0 Å². The van der Waals surface area contributed by atoms with Crippen molar-refractivity contribution in [3.63, 3.8) is 0 Å². The maximum absolute atomic E-state index is 14.3. The third kappa shape index (κ3) is 5.27. The van der Waals surface area contributed by atoms with Crippen LogP contribution in [0.4, 0.5) is 8.78 Å². The Morgan fingerprint density at radius 1 is 1.14 bits per heavy atom. The maximum Gasteiger partial charge on any atom is 0.204 e. The van der Waals surface area contributed by atoms with E-state index in [-0.39, 0.29) is 24.2 Å². The zero-order chi connectivity index (χ0) is 20.8. The van der Waals surface area contributed by atoms with E-state index in [0.29, 0.717) is 18.4 Å². The minimum Gasteiger partial charge on any atom is -0.490 e. The second kappa shape index (κ2) is 10.1. The van der Waals surface area contributed by atoms with Crippen LogP contribution in [0.15, 0.2) is 48.1 Å². The van der Waals surface area contributed by atoms with Crippen LogP contribution in [0.25, 0.3) is 0 Å². The SMILES string of the molecule is C=CC1CCC(C2=CC=C(COc3ccc(OCCC)c(F)c3F)CC2C)CO1. The van der Waals surface area contributed by atoms with E-state index < -0.39 is 11.6 Å². The Kier molecular flexibility index (Phi) is 7.48. The summed E-state index contributed by atoms with van der Waals surface area (Å²) in [5, 5.41) is 0. The monoisotopic (exact) mass is 404 g/mol. The molecule has 29 heavy (non-hydrogen) atoms. The average molecular weight is 404 g/mol. The lowest BCUT2D eigenvalue weighted by atomic mass is 9.79. The van der Waals surface area contributed by atoms with Gasteiger partial charge in [0.1, 0.15) is 6.61 Å². The van der Waals surface area contributed by atoms with Crippen molar-refractivity contribution in [2.75, 3.05) is 19.8 Å². The van der Waals surface area contributed by atoms with Crippen LogP contribution < -0.4 is 9.47 Å². The molecule has 1 heterocycles. The molecule has 0 spiro atoms. The molecule has 1 aromatic rings.